The number of benzene rings is 1. The third-order valence-electron chi connectivity index (χ3n) is 4.29. The van der Waals surface area contributed by atoms with E-state index in [0.717, 1.165) is 29.7 Å². The van der Waals surface area contributed by atoms with Crippen LogP contribution in [0.3, 0.4) is 0 Å². The second-order valence-electron chi connectivity index (χ2n) is 6.41. The first kappa shape index (κ1) is 18.1. The molecule has 0 radical (unpaired) electrons. The van der Waals surface area contributed by atoms with Gasteiger partial charge in [-0.2, -0.15) is 4.31 Å². The molecule has 1 aromatic carbocycles. The van der Waals surface area contributed by atoms with E-state index in [-0.39, 0.29) is 6.04 Å². The molecule has 1 aromatic heterocycles. The predicted octanol–water partition coefficient (Wildman–Crippen LogP) is 2.96. The third kappa shape index (κ3) is 3.78. The first-order valence-electron chi connectivity index (χ1n) is 8.04. The molecule has 1 aliphatic rings. The van der Waals surface area contributed by atoms with E-state index < -0.39 is 10.0 Å². The number of aromatic nitrogens is 2. The minimum absolute atomic E-state index is 0.286. The first-order chi connectivity index (χ1) is 11.8. The van der Waals surface area contributed by atoms with Gasteiger partial charge in [-0.3, -0.25) is 0 Å². The van der Waals surface area contributed by atoms with Crippen molar-refractivity contribution in [3.8, 4) is 11.1 Å². The molecule has 134 valence electrons. The molecule has 3 rings (SSSR count). The number of rotatable bonds is 4. The van der Waals surface area contributed by atoms with Gasteiger partial charge >= 0.3 is 0 Å². The van der Waals surface area contributed by atoms with E-state index in [1.807, 2.05) is 37.2 Å². The molecular weight excluding hydrogens is 360 g/mol. The lowest BCUT2D eigenvalue weighted by molar-refractivity contribution is 0.394. The maximum Gasteiger partial charge on any atom is 0.225 e. The summed E-state index contributed by atoms with van der Waals surface area (Å²) in [5.41, 5.74) is 2.42. The largest absolute Gasteiger partial charge is 0.347 e. The van der Waals surface area contributed by atoms with Crippen molar-refractivity contribution in [1.82, 2.24) is 14.3 Å². The van der Waals surface area contributed by atoms with Gasteiger partial charge in [-0.1, -0.05) is 23.7 Å². The fourth-order valence-electron chi connectivity index (χ4n) is 3.14. The number of sulfonamides is 1. The molecule has 2 heterocycles. The summed E-state index contributed by atoms with van der Waals surface area (Å²) in [6, 6.07) is 7.16. The van der Waals surface area contributed by atoms with Gasteiger partial charge in [-0.25, -0.2) is 18.4 Å². The van der Waals surface area contributed by atoms with Crippen LogP contribution in [0.4, 0.5) is 5.95 Å². The maximum absolute atomic E-state index is 12.2. The standard InChI is InChI=1S/C17H21ClN4O2S/c1-21(2)17-19-11-14(12-6-4-7-13(18)10-12)16(20-17)15-8-5-9-22(15)25(3,23)24/h4,6-7,10-11,15H,5,8-9H2,1-3H3/t15-/m1/s1. The van der Waals surface area contributed by atoms with Gasteiger partial charge in [-0.15, -0.1) is 0 Å². The monoisotopic (exact) mass is 380 g/mol. The molecule has 8 heteroatoms. The molecule has 1 atom stereocenters. The van der Waals surface area contributed by atoms with Gasteiger partial charge in [0.1, 0.15) is 0 Å². The third-order valence-corrected chi connectivity index (χ3v) is 5.81. The minimum Gasteiger partial charge on any atom is -0.347 e. The molecule has 0 bridgehead atoms. The van der Waals surface area contributed by atoms with Crippen molar-refractivity contribution >= 4 is 27.6 Å². The highest BCUT2D eigenvalue weighted by Crippen LogP contribution is 2.38. The van der Waals surface area contributed by atoms with Gasteiger partial charge in [0, 0.05) is 37.4 Å². The zero-order valence-corrected chi connectivity index (χ0v) is 16.0. The van der Waals surface area contributed by atoms with Crippen molar-refractivity contribution in [1.29, 1.82) is 0 Å². The highest BCUT2D eigenvalue weighted by atomic mass is 35.5. The summed E-state index contributed by atoms with van der Waals surface area (Å²) < 4.78 is 25.9. The van der Waals surface area contributed by atoms with Crippen LogP contribution in [0.1, 0.15) is 24.6 Å². The van der Waals surface area contributed by atoms with E-state index in [1.54, 1.807) is 12.3 Å². The number of hydrogen-bond donors (Lipinski definition) is 0. The van der Waals surface area contributed by atoms with E-state index in [0.29, 0.717) is 17.5 Å². The van der Waals surface area contributed by atoms with Crippen LogP contribution in [0.5, 0.6) is 0 Å². The second kappa shape index (κ2) is 6.90. The average molecular weight is 381 g/mol. The molecule has 0 saturated carbocycles. The Morgan fingerprint density at radius 2 is 2.08 bits per heavy atom. The quantitative estimate of drug-likeness (QED) is 0.815. The van der Waals surface area contributed by atoms with Crippen molar-refractivity contribution in [2.24, 2.45) is 0 Å². The Morgan fingerprint density at radius 1 is 1.32 bits per heavy atom. The summed E-state index contributed by atoms with van der Waals surface area (Å²) in [6.45, 7) is 0.514. The summed E-state index contributed by atoms with van der Waals surface area (Å²) in [5, 5.41) is 0.617. The van der Waals surface area contributed by atoms with Gasteiger partial charge in [0.25, 0.3) is 0 Å². The molecule has 1 fully saturated rings. The van der Waals surface area contributed by atoms with Crippen molar-refractivity contribution in [2.75, 3.05) is 31.8 Å². The number of nitrogens with zero attached hydrogens (tertiary/aromatic N) is 4. The van der Waals surface area contributed by atoms with Crippen LogP contribution in [0, 0.1) is 0 Å². The summed E-state index contributed by atoms with van der Waals surface area (Å²) in [6.07, 6.45) is 4.55. The van der Waals surface area contributed by atoms with Crippen molar-refractivity contribution in [3.05, 3.63) is 41.2 Å². The summed E-state index contributed by atoms with van der Waals surface area (Å²) in [5.74, 6) is 0.557. The number of halogens is 1. The second-order valence-corrected chi connectivity index (χ2v) is 8.78. The minimum atomic E-state index is -3.31. The summed E-state index contributed by atoms with van der Waals surface area (Å²) >= 11 is 6.13. The Labute approximate surface area is 153 Å². The Kier molecular flexibility index (Phi) is 4.99. The predicted molar refractivity (Wildman–Crippen MR) is 100 cm³/mol. The Morgan fingerprint density at radius 3 is 2.72 bits per heavy atom. The zero-order chi connectivity index (χ0) is 18.2. The average Bonchev–Trinajstić information content (AvgIpc) is 3.04. The molecule has 0 spiro atoms. The number of hydrogen-bond acceptors (Lipinski definition) is 5. The SMILES string of the molecule is CN(C)c1ncc(-c2cccc(Cl)c2)c([C@H]2CCCN2S(C)(=O)=O)n1. The van der Waals surface area contributed by atoms with Crippen molar-refractivity contribution < 1.29 is 8.42 Å². The van der Waals surface area contributed by atoms with Gasteiger partial charge < -0.3 is 4.90 Å². The van der Waals surface area contributed by atoms with Gasteiger partial charge in [0.05, 0.1) is 18.0 Å². The normalized spacial score (nSPS) is 18.5. The fourth-order valence-corrected chi connectivity index (χ4v) is 4.46. The lowest BCUT2D eigenvalue weighted by Gasteiger charge is -2.24. The van der Waals surface area contributed by atoms with Gasteiger partial charge in [0.2, 0.25) is 16.0 Å². The van der Waals surface area contributed by atoms with E-state index >= 15 is 0 Å². The van der Waals surface area contributed by atoms with Crippen LogP contribution < -0.4 is 4.90 Å². The molecule has 0 N–H and O–H groups in total. The molecule has 0 amide bonds. The Bertz CT molecular complexity index is 886. The molecule has 1 aliphatic heterocycles. The molecule has 1 saturated heterocycles. The molecule has 6 nitrogen and oxygen atoms in total. The Hall–Kier alpha value is -1.70. The van der Waals surface area contributed by atoms with Crippen molar-refractivity contribution in [2.45, 2.75) is 18.9 Å². The number of anilines is 1. The maximum atomic E-state index is 12.2. The molecule has 0 unspecified atom stereocenters. The van der Waals surface area contributed by atoms with Crippen LogP contribution in [0.2, 0.25) is 5.02 Å². The zero-order valence-electron chi connectivity index (χ0n) is 14.5. The van der Waals surface area contributed by atoms with Crippen LogP contribution >= 0.6 is 11.6 Å². The lowest BCUT2D eigenvalue weighted by Crippen LogP contribution is -2.30. The Balaban J connectivity index is 2.17. The molecule has 25 heavy (non-hydrogen) atoms. The topological polar surface area (TPSA) is 66.4 Å². The van der Waals surface area contributed by atoms with Crippen LogP contribution in [-0.4, -0.2) is 49.6 Å². The van der Waals surface area contributed by atoms with Crippen LogP contribution in [-0.2, 0) is 10.0 Å². The van der Waals surface area contributed by atoms with Crippen LogP contribution in [0.25, 0.3) is 11.1 Å². The van der Waals surface area contributed by atoms with Crippen LogP contribution in [0.15, 0.2) is 30.5 Å². The van der Waals surface area contributed by atoms with E-state index in [9.17, 15) is 8.42 Å². The molecular formula is C17H21ClN4O2S. The highest BCUT2D eigenvalue weighted by molar-refractivity contribution is 7.88. The van der Waals surface area contributed by atoms with E-state index in [4.69, 9.17) is 11.6 Å². The van der Waals surface area contributed by atoms with E-state index in [2.05, 4.69) is 9.97 Å². The first-order valence-corrected chi connectivity index (χ1v) is 10.3. The van der Waals surface area contributed by atoms with Crippen molar-refractivity contribution in [3.63, 3.8) is 0 Å². The summed E-state index contributed by atoms with van der Waals surface area (Å²) in [7, 11) is 0.418. The molecule has 0 aliphatic carbocycles. The molecule has 2 aromatic rings. The fraction of sp³-hybridized carbons (Fsp3) is 0.412. The highest BCUT2D eigenvalue weighted by Gasteiger charge is 2.35. The van der Waals surface area contributed by atoms with Gasteiger partial charge in [-0.05, 0) is 30.5 Å². The van der Waals surface area contributed by atoms with Gasteiger partial charge in [0.15, 0.2) is 0 Å². The lowest BCUT2D eigenvalue weighted by atomic mass is 10.0. The summed E-state index contributed by atoms with van der Waals surface area (Å²) in [4.78, 5) is 10.9. The smallest absolute Gasteiger partial charge is 0.225 e. The van der Waals surface area contributed by atoms with E-state index in [1.165, 1.54) is 10.6 Å².